The second-order valence-corrected chi connectivity index (χ2v) is 3.71. The Hall–Kier alpha value is 0.0500. The molecule has 66 valence electrons. The van der Waals surface area contributed by atoms with Crippen LogP contribution in [0.25, 0.3) is 0 Å². The van der Waals surface area contributed by atoms with Crippen molar-refractivity contribution in [2.75, 3.05) is 0 Å². The highest BCUT2D eigenvalue weighted by Crippen LogP contribution is 2.33. The van der Waals surface area contributed by atoms with E-state index in [1.807, 2.05) is 0 Å². The molecule has 1 nitrogen and oxygen atoms in total. The first-order valence-corrected chi connectivity index (χ1v) is 4.48. The third kappa shape index (κ3) is 2.05. The molecule has 0 bridgehead atoms. The van der Waals surface area contributed by atoms with Crippen molar-refractivity contribution in [1.29, 1.82) is 0 Å². The van der Waals surface area contributed by atoms with E-state index in [0.717, 1.165) is 0 Å². The van der Waals surface area contributed by atoms with Crippen molar-refractivity contribution in [2.24, 2.45) is 0 Å². The van der Waals surface area contributed by atoms with Crippen LogP contribution < -0.4 is 0 Å². The van der Waals surface area contributed by atoms with Crippen molar-refractivity contribution >= 4 is 34.8 Å². The lowest BCUT2D eigenvalue weighted by Gasteiger charge is -2.09. The van der Waals surface area contributed by atoms with Crippen LogP contribution in [0, 0.1) is 0 Å². The molecule has 0 unspecified atom stereocenters. The van der Waals surface area contributed by atoms with Crippen LogP contribution in [0.5, 0.6) is 0 Å². The van der Waals surface area contributed by atoms with Gasteiger partial charge in [-0.15, -0.1) is 0 Å². The molecule has 0 amide bonds. The Kier molecular flexibility index (Phi) is 3.24. The molecular weight excluding hydrogens is 218 g/mol. The van der Waals surface area contributed by atoms with Crippen LogP contribution >= 0.6 is 34.8 Å². The molecule has 1 atom stereocenters. The maximum absolute atomic E-state index is 9.26. The molecule has 0 aliphatic rings. The molecule has 1 N–H and O–H groups in total. The molecule has 0 fully saturated rings. The van der Waals surface area contributed by atoms with Gasteiger partial charge in [0, 0.05) is 20.6 Å². The van der Waals surface area contributed by atoms with Crippen molar-refractivity contribution in [1.82, 2.24) is 0 Å². The predicted molar refractivity (Wildman–Crippen MR) is 52.1 cm³/mol. The Morgan fingerprint density at radius 2 is 1.58 bits per heavy atom. The first kappa shape index (κ1) is 10.1. The second kappa shape index (κ2) is 3.84. The minimum absolute atomic E-state index is 0.391. The molecule has 0 saturated heterocycles. The SMILES string of the molecule is C[C@@H](O)c1c(Cl)cc(Cl)cc1Cl. The van der Waals surface area contributed by atoms with Crippen LogP contribution in [0.15, 0.2) is 12.1 Å². The van der Waals surface area contributed by atoms with Gasteiger partial charge in [-0.05, 0) is 19.1 Å². The monoisotopic (exact) mass is 224 g/mol. The van der Waals surface area contributed by atoms with Crippen LogP contribution in [-0.4, -0.2) is 5.11 Å². The minimum Gasteiger partial charge on any atom is -0.389 e. The molecule has 1 rings (SSSR count). The molecule has 0 saturated carbocycles. The summed E-state index contributed by atoms with van der Waals surface area (Å²) in [4.78, 5) is 0. The van der Waals surface area contributed by atoms with E-state index in [4.69, 9.17) is 34.8 Å². The number of halogens is 3. The first-order valence-electron chi connectivity index (χ1n) is 3.35. The van der Waals surface area contributed by atoms with Gasteiger partial charge in [0.05, 0.1) is 6.10 Å². The van der Waals surface area contributed by atoms with Crippen LogP contribution in [0.4, 0.5) is 0 Å². The number of aliphatic hydroxyl groups is 1. The van der Waals surface area contributed by atoms with Gasteiger partial charge in [-0.2, -0.15) is 0 Å². The van der Waals surface area contributed by atoms with E-state index in [-0.39, 0.29) is 0 Å². The third-order valence-corrected chi connectivity index (χ3v) is 2.31. The van der Waals surface area contributed by atoms with Gasteiger partial charge in [0.1, 0.15) is 0 Å². The number of benzene rings is 1. The average Bonchev–Trinajstić information content (AvgIpc) is 1.82. The van der Waals surface area contributed by atoms with Crippen molar-refractivity contribution in [3.05, 3.63) is 32.8 Å². The van der Waals surface area contributed by atoms with E-state index in [1.54, 1.807) is 19.1 Å². The fourth-order valence-corrected chi connectivity index (χ4v) is 2.09. The highest BCUT2D eigenvalue weighted by atomic mass is 35.5. The summed E-state index contributed by atoms with van der Waals surface area (Å²) >= 11 is 17.3. The fraction of sp³-hybridized carbons (Fsp3) is 0.250. The van der Waals surface area contributed by atoms with Gasteiger partial charge in [-0.1, -0.05) is 34.8 Å². The summed E-state index contributed by atoms with van der Waals surface area (Å²) in [6.07, 6.45) is -0.678. The summed E-state index contributed by atoms with van der Waals surface area (Å²) in [5, 5.41) is 10.5. The lowest BCUT2D eigenvalue weighted by Crippen LogP contribution is -1.93. The second-order valence-electron chi connectivity index (χ2n) is 2.46. The molecular formula is C8H7Cl3O. The Bertz CT molecular complexity index is 273. The zero-order chi connectivity index (χ0) is 9.30. The smallest absolute Gasteiger partial charge is 0.0791 e. The van der Waals surface area contributed by atoms with Gasteiger partial charge in [0.25, 0.3) is 0 Å². The molecule has 0 aliphatic carbocycles. The average molecular weight is 226 g/mol. The van der Waals surface area contributed by atoms with E-state index >= 15 is 0 Å². The molecule has 4 heteroatoms. The van der Waals surface area contributed by atoms with Crippen molar-refractivity contribution in [2.45, 2.75) is 13.0 Å². The van der Waals surface area contributed by atoms with Crippen LogP contribution in [0.1, 0.15) is 18.6 Å². The highest BCUT2D eigenvalue weighted by molar-refractivity contribution is 6.39. The zero-order valence-electron chi connectivity index (χ0n) is 6.31. The minimum atomic E-state index is -0.678. The number of hydrogen-bond donors (Lipinski definition) is 1. The van der Waals surface area contributed by atoms with Gasteiger partial charge in [-0.3, -0.25) is 0 Å². The number of rotatable bonds is 1. The largest absolute Gasteiger partial charge is 0.389 e. The maximum atomic E-state index is 9.26. The summed E-state index contributed by atoms with van der Waals surface area (Å²) in [6, 6.07) is 3.11. The summed E-state index contributed by atoms with van der Waals surface area (Å²) in [5.41, 5.74) is 0.516. The zero-order valence-corrected chi connectivity index (χ0v) is 8.58. The van der Waals surface area contributed by atoms with Crippen molar-refractivity contribution in [3.8, 4) is 0 Å². The van der Waals surface area contributed by atoms with E-state index in [0.29, 0.717) is 20.6 Å². The van der Waals surface area contributed by atoms with Crippen molar-refractivity contribution < 1.29 is 5.11 Å². The Morgan fingerprint density at radius 3 is 1.92 bits per heavy atom. The lowest BCUT2D eigenvalue weighted by molar-refractivity contribution is 0.199. The molecule has 0 radical (unpaired) electrons. The molecule has 0 aliphatic heterocycles. The van der Waals surface area contributed by atoms with Crippen LogP contribution in [0.3, 0.4) is 0 Å². The van der Waals surface area contributed by atoms with Crippen LogP contribution in [-0.2, 0) is 0 Å². The summed E-state index contributed by atoms with van der Waals surface area (Å²) in [6.45, 7) is 1.60. The number of hydrogen-bond acceptors (Lipinski definition) is 1. The maximum Gasteiger partial charge on any atom is 0.0791 e. The standard InChI is InChI=1S/C8H7Cl3O/c1-4(12)8-6(10)2-5(9)3-7(8)11/h2-4,12H,1H3/t4-/m1/s1. The Morgan fingerprint density at radius 1 is 1.17 bits per heavy atom. The lowest BCUT2D eigenvalue weighted by atomic mass is 10.1. The number of aliphatic hydroxyl groups excluding tert-OH is 1. The van der Waals surface area contributed by atoms with Gasteiger partial charge in [-0.25, -0.2) is 0 Å². The van der Waals surface area contributed by atoms with Gasteiger partial charge in [0.2, 0.25) is 0 Å². The molecule has 12 heavy (non-hydrogen) atoms. The Balaban J connectivity index is 3.28. The summed E-state index contributed by atoms with van der Waals surface area (Å²) < 4.78 is 0. The van der Waals surface area contributed by atoms with Gasteiger partial charge >= 0.3 is 0 Å². The predicted octanol–water partition coefficient (Wildman–Crippen LogP) is 3.70. The van der Waals surface area contributed by atoms with Gasteiger partial charge < -0.3 is 5.11 Å². The highest BCUT2D eigenvalue weighted by Gasteiger charge is 2.11. The molecule has 0 heterocycles. The van der Waals surface area contributed by atoms with Crippen LogP contribution in [0.2, 0.25) is 15.1 Å². The normalized spacial score (nSPS) is 13.1. The van der Waals surface area contributed by atoms with Gasteiger partial charge in [0.15, 0.2) is 0 Å². The molecule has 0 spiro atoms. The van der Waals surface area contributed by atoms with E-state index < -0.39 is 6.10 Å². The van der Waals surface area contributed by atoms with E-state index in [2.05, 4.69) is 0 Å². The Labute approximate surface area is 85.9 Å². The summed E-state index contributed by atoms with van der Waals surface area (Å²) in [5.74, 6) is 0. The van der Waals surface area contributed by atoms with Crippen molar-refractivity contribution in [3.63, 3.8) is 0 Å². The molecule has 0 aromatic heterocycles. The van der Waals surface area contributed by atoms with E-state index in [1.165, 1.54) is 0 Å². The third-order valence-electron chi connectivity index (χ3n) is 1.46. The molecule has 1 aromatic rings. The quantitative estimate of drug-likeness (QED) is 0.773. The topological polar surface area (TPSA) is 20.2 Å². The molecule has 1 aromatic carbocycles. The summed E-state index contributed by atoms with van der Waals surface area (Å²) in [7, 11) is 0. The first-order chi connectivity index (χ1) is 5.52. The van der Waals surface area contributed by atoms with E-state index in [9.17, 15) is 5.11 Å². The fourth-order valence-electron chi connectivity index (χ4n) is 0.952.